The number of cyclic esters (lactones) is 1. The van der Waals surface area contributed by atoms with Crippen LogP contribution in [-0.4, -0.2) is 47.5 Å². The number of anilines is 3. The Bertz CT molecular complexity index is 1100. The van der Waals surface area contributed by atoms with Gasteiger partial charge in [-0.3, -0.25) is 15.0 Å². The molecule has 3 amide bonds. The van der Waals surface area contributed by atoms with Gasteiger partial charge in [0.1, 0.15) is 24.2 Å². The van der Waals surface area contributed by atoms with Gasteiger partial charge in [0.25, 0.3) is 0 Å². The number of fused-ring (bicyclic) bond motifs is 1. The van der Waals surface area contributed by atoms with Crippen molar-refractivity contribution in [3.8, 4) is 0 Å². The highest BCUT2D eigenvalue weighted by molar-refractivity contribution is 6.05. The van der Waals surface area contributed by atoms with E-state index in [9.17, 15) is 18.8 Å². The van der Waals surface area contributed by atoms with Crippen molar-refractivity contribution in [1.29, 1.82) is 0 Å². The fourth-order valence-electron chi connectivity index (χ4n) is 3.50. The molecule has 2 aromatic rings. The summed E-state index contributed by atoms with van der Waals surface area (Å²) in [6.45, 7) is 7.34. The predicted molar refractivity (Wildman–Crippen MR) is 117 cm³/mol. The zero-order chi connectivity index (χ0) is 23.2. The summed E-state index contributed by atoms with van der Waals surface area (Å²) in [6.07, 6.45) is -0.567. The Labute approximate surface area is 184 Å². The van der Waals surface area contributed by atoms with Crippen LogP contribution < -0.4 is 15.5 Å². The lowest BCUT2D eigenvalue weighted by Gasteiger charge is -2.22. The molecule has 0 radical (unpaired) electrons. The number of amides is 3. The van der Waals surface area contributed by atoms with E-state index in [1.165, 1.54) is 11.1 Å². The first-order chi connectivity index (χ1) is 15.0. The van der Waals surface area contributed by atoms with E-state index in [4.69, 9.17) is 9.47 Å². The molecule has 2 heterocycles. The lowest BCUT2D eigenvalue weighted by Crippen LogP contribution is -2.31. The number of alkyl halides is 1. The van der Waals surface area contributed by atoms with Gasteiger partial charge in [0.15, 0.2) is 0 Å². The molecule has 0 bridgehead atoms. The molecule has 1 aliphatic carbocycles. The van der Waals surface area contributed by atoms with Gasteiger partial charge in [-0.1, -0.05) is 0 Å². The summed E-state index contributed by atoms with van der Waals surface area (Å²) in [5.41, 5.74) is 0.195. The molecule has 0 unspecified atom stereocenters. The summed E-state index contributed by atoms with van der Waals surface area (Å²) in [6, 6.07) is 4.79. The van der Waals surface area contributed by atoms with Gasteiger partial charge in [-0.15, -0.1) is 0 Å². The topological polar surface area (TPSA) is 110 Å². The molecule has 4 rings (SSSR count). The van der Waals surface area contributed by atoms with E-state index < -0.39 is 35.8 Å². The van der Waals surface area contributed by atoms with Gasteiger partial charge in [0.05, 0.1) is 23.3 Å². The molecule has 2 aliphatic rings. The summed E-state index contributed by atoms with van der Waals surface area (Å²) in [7, 11) is 0. The molecular formula is C22H25FN4O5. The quantitative estimate of drug-likeness (QED) is 0.731. The van der Waals surface area contributed by atoms with Gasteiger partial charge in [-0.05, 0) is 57.7 Å². The normalized spacial score (nSPS) is 22.5. The maximum atomic E-state index is 13.2. The maximum absolute atomic E-state index is 13.2. The van der Waals surface area contributed by atoms with Crippen LogP contribution in [0.3, 0.4) is 0 Å². The molecule has 170 valence electrons. The third kappa shape index (κ3) is 4.58. The Balaban J connectivity index is 1.71. The van der Waals surface area contributed by atoms with Crippen LogP contribution in [0.2, 0.25) is 0 Å². The molecule has 1 aliphatic heterocycles. The van der Waals surface area contributed by atoms with E-state index in [0.29, 0.717) is 22.1 Å². The fraction of sp³-hybridized carbons (Fsp3) is 0.455. The smallest absolute Gasteiger partial charge is 0.414 e. The summed E-state index contributed by atoms with van der Waals surface area (Å²) in [5, 5.41) is 6.52. The number of halogens is 1. The van der Waals surface area contributed by atoms with Crippen LogP contribution >= 0.6 is 0 Å². The summed E-state index contributed by atoms with van der Waals surface area (Å²) in [5.74, 6) is -0.827. The lowest BCUT2D eigenvalue weighted by molar-refractivity contribution is -0.117. The van der Waals surface area contributed by atoms with Crippen molar-refractivity contribution >= 4 is 46.1 Å². The molecular weight excluding hydrogens is 419 g/mol. The molecule has 32 heavy (non-hydrogen) atoms. The molecule has 3 atom stereocenters. The molecule has 1 saturated heterocycles. The van der Waals surface area contributed by atoms with Gasteiger partial charge in [0, 0.05) is 11.6 Å². The number of aromatic nitrogens is 1. The second-order valence-corrected chi connectivity index (χ2v) is 9.05. The first-order valence-corrected chi connectivity index (χ1v) is 10.4. The molecule has 9 nitrogen and oxygen atoms in total. The minimum atomic E-state index is -1.12. The Morgan fingerprint density at radius 2 is 1.97 bits per heavy atom. The number of pyridine rings is 1. The third-order valence-electron chi connectivity index (χ3n) is 5.12. The Kier molecular flexibility index (Phi) is 5.39. The second-order valence-electron chi connectivity index (χ2n) is 9.05. The molecule has 1 saturated carbocycles. The maximum Gasteiger partial charge on any atom is 0.414 e. The van der Waals surface area contributed by atoms with Crippen molar-refractivity contribution in [2.45, 2.75) is 51.9 Å². The molecule has 1 aromatic heterocycles. The van der Waals surface area contributed by atoms with Gasteiger partial charge in [0.2, 0.25) is 5.91 Å². The van der Waals surface area contributed by atoms with E-state index >= 15 is 0 Å². The van der Waals surface area contributed by atoms with Crippen LogP contribution in [0.25, 0.3) is 10.8 Å². The minimum absolute atomic E-state index is 0.202. The highest BCUT2D eigenvalue weighted by Crippen LogP contribution is 2.36. The Morgan fingerprint density at radius 1 is 1.25 bits per heavy atom. The SMILES string of the molecule is C[C@H]1COC(=O)N1c1cc(NC(=O)OC(C)(C)C)c2cnc(NC(=O)[C@@H]3C[C@@H]3F)cc2c1. The van der Waals surface area contributed by atoms with Crippen molar-refractivity contribution in [3.63, 3.8) is 0 Å². The number of carbonyl (C=O) groups excluding carboxylic acids is 3. The Hall–Kier alpha value is -3.43. The van der Waals surface area contributed by atoms with Gasteiger partial charge in [-0.25, -0.2) is 19.0 Å². The van der Waals surface area contributed by atoms with Crippen molar-refractivity contribution in [1.82, 2.24) is 4.98 Å². The van der Waals surface area contributed by atoms with E-state index in [-0.39, 0.29) is 24.9 Å². The molecule has 2 fully saturated rings. The molecule has 2 N–H and O–H groups in total. The number of ether oxygens (including phenoxy) is 2. The predicted octanol–water partition coefficient (Wildman–Crippen LogP) is 4.22. The molecule has 10 heteroatoms. The number of carbonyl (C=O) groups is 3. The van der Waals surface area contributed by atoms with Crippen LogP contribution in [0.4, 0.5) is 31.2 Å². The standard InChI is InChI=1S/C22H25FN4O5/c1-11-10-31-21(30)27(11)13-5-12-6-18(26-19(28)14-8-16(14)23)24-9-15(12)17(7-13)25-20(29)32-22(2,3)4/h5-7,9,11,14,16H,8,10H2,1-4H3,(H,25,29)(H,24,26,28)/t11-,14+,16-/m0/s1. The van der Waals surface area contributed by atoms with Crippen molar-refractivity contribution < 1.29 is 28.2 Å². The van der Waals surface area contributed by atoms with E-state index in [1.54, 1.807) is 39.0 Å². The molecule has 1 aromatic carbocycles. The highest BCUT2D eigenvalue weighted by atomic mass is 19.1. The number of hydrogen-bond acceptors (Lipinski definition) is 6. The zero-order valence-electron chi connectivity index (χ0n) is 18.3. The average Bonchev–Trinajstić information content (AvgIpc) is 3.32. The number of nitrogens with one attached hydrogen (secondary N) is 2. The summed E-state index contributed by atoms with van der Waals surface area (Å²) < 4.78 is 23.7. The van der Waals surface area contributed by atoms with Gasteiger partial charge >= 0.3 is 12.2 Å². The van der Waals surface area contributed by atoms with E-state index in [1.807, 2.05) is 6.92 Å². The second kappa shape index (κ2) is 7.92. The van der Waals surface area contributed by atoms with Crippen molar-refractivity contribution in [2.75, 3.05) is 22.1 Å². The number of benzene rings is 1. The van der Waals surface area contributed by atoms with Gasteiger partial charge < -0.3 is 14.8 Å². The van der Waals surface area contributed by atoms with Gasteiger partial charge in [-0.2, -0.15) is 0 Å². The van der Waals surface area contributed by atoms with E-state index in [2.05, 4.69) is 15.6 Å². The van der Waals surface area contributed by atoms with E-state index in [0.717, 1.165) is 0 Å². The summed E-state index contributed by atoms with van der Waals surface area (Å²) >= 11 is 0. The zero-order valence-corrected chi connectivity index (χ0v) is 18.3. The van der Waals surface area contributed by atoms with Crippen LogP contribution in [0.1, 0.15) is 34.1 Å². The first-order valence-electron chi connectivity index (χ1n) is 10.4. The summed E-state index contributed by atoms with van der Waals surface area (Å²) in [4.78, 5) is 42.5. The molecule has 0 spiro atoms. The highest BCUT2D eigenvalue weighted by Gasteiger charge is 2.43. The van der Waals surface area contributed by atoms with Crippen molar-refractivity contribution in [3.05, 3.63) is 24.4 Å². The third-order valence-corrected chi connectivity index (χ3v) is 5.12. The lowest BCUT2D eigenvalue weighted by atomic mass is 10.1. The fourth-order valence-corrected chi connectivity index (χ4v) is 3.50. The number of rotatable bonds is 4. The van der Waals surface area contributed by atoms with Crippen LogP contribution in [-0.2, 0) is 14.3 Å². The number of nitrogens with zero attached hydrogens (tertiary/aromatic N) is 2. The Morgan fingerprint density at radius 3 is 2.56 bits per heavy atom. The average molecular weight is 444 g/mol. The number of hydrogen-bond donors (Lipinski definition) is 2. The van der Waals surface area contributed by atoms with Crippen molar-refractivity contribution in [2.24, 2.45) is 5.92 Å². The monoisotopic (exact) mass is 444 g/mol. The van der Waals surface area contributed by atoms with Crippen LogP contribution in [0, 0.1) is 5.92 Å². The van der Waals surface area contributed by atoms with Crippen LogP contribution in [0.15, 0.2) is 24.4 Å². The first kappa shape index (κ1) is 21.8. The van der Waals surface area contributed by atoms with Crippen LogP contribution in [0.5, 0.6) is 0 Å². The largest absolute Gasteiger partial charge is 0.447 e. The minimum Gasteiger partial charge on any atom is -0.447 e.